The molecule has 2 aliphatic rings. The Hall–Kier alpha value is -4.26. The molecule has 0 radical (unpaired) electrons. The van der Waals surface area contributed by atoms with E-state index in [1.807, 2.05) is 48.5 Å². The maximum atomic E-state index is 13.2. The summed E-state index contributed by atoms with van der Waals surface area (Å²) in [5.74, 6) is -2.33. The molecule has 0 unspecified atom stereocenters. The average molecular weight is 440 g/mol. The summed E-state index contributed by atoms with van der Waals surface area (Å²) in [6.07, 6.45) is 1.58. The molecule has 0 aliphatic carbocycles. The second-order valence-electron chi connectivity index (χ2n) is 7.89. The predicted molar refractivity (Wildman–Crippen MR) is 120 cm³/mol. The van der Waals surface area contributed by atoms with Gasteiger partial charge in [0.05, 0.1) is 22.5 Å². The molecule has 0 saturated heterocycles. The SMILES string of the molecule is O=C(CN1C(=O)c2ccccc2C1=O)OCC(=O)N1c2ccccc2CCc2ccccc21. The van der Waals surface area contributed by atoms with Gasteiger partial charge >= 0.3 is 5.97 Å². The number of benzene rings is 3. The third-order valence-electron chi connectivity index (χ3n) is 5.90. The Balaban J connectivity index is 1.31. The van der Waals surface area contributed by atoms with Gasteiger partial charge < -0.3 is 4.74 Å². The van der Waals surface area contributed by atoms with E-state index >= 15 is 0 Å². The Morgan fingerprint density at radius 1 is 0.727 bits per heavy atom. The van der Waals surface area contributed by atoms with Crippen molar-refractivity contribution in [2.75, 3.05) is 18.1 Å². The van der Waals surface area contributed by atoms with Crippen molar-refractivity contribution in [2.45, 2.75) is 12.8 Å². The Morgan fingerprint density at radius 2 is 1.21 bits per heavy atom. The lowest BCUT2D eigenvalue weighted by Gasteiger charge is -2.25. The molecule has 3 amide bonds. The van der Waals surface area contributed by atoms with Crippen molar-refractivity contribution in [1.82, 2.24) is 4.90 Å². The van der Waals surface area contributed by atoms with Gasteiger partial charge in [0.25, 0.3) is 17.7 Å². The van der Waals surface area contributed by atoms with Crippen LogP contribution in [0.2, 0.25) is 0 Å². The van der Waals surface area contributed by atoms with E-state index in [0.717, 1.165) is 40.2 Å². The molecular formula is C26H20N2O5. The fraction of sp³-hybridized carbons (Fsp3) is 0.154. The first-order chi connectivity index (χ1) is 16.0. The monoisotopic (exact) mass is 440 g/mol. The molecule has 2 heterocycles. The summed E-state index contributed by atoms with van der Waals surface area (Å²) in [5, 5.41) is 0. The van der Waals surface area contributed by atoms with E-state index in [4.69, 9.17) is 4.74 Å². The summed E-state index contributed by atoms with van der Waals surface area (Å²) >= 11 is 0. The van der Waals surface area contributed by atoms with Gasteiger partial charge in [-0.25, -0.2) is 0 Å². The highest BCUT2D eigenvalue weighted by Gasteiger charge is 2.37. The van der Waals surface area contributed by atoms with Crippen LogP contribution in [0.5, 0.6) is 0 Å². The van der Waals surface area contributed by atoms with Crippen molar-refractivity contribution in [1.29, 1.82) is 0 Å². The molecule has 0 fully saturated rings. The largest absolute Gasteiger partial charge is 0.454 e. The molecular weight excluding hydrogens is 420 g/mol. The maximum absolute atomic E-state index is 13.2. The fourth-order valence-electron chi connectivity index (χ4n) is 4.31. The van der Waals surface area contributed by atoms with Crippen molar-refractivity contribution in [3.8, 4) is 0 Å². The molecule has 0 N–H and O–H groups in total. The number of carbonyl (C=O) groups excluding carboxylic acids is 4. The van der Waals surface area contributed by atoms with Gasteiger partial charge in [0.1, 0.15) is 6.54 Å². The zero-order valence-electron chi connectivity index (χ0n) is 17.7. The Bertz CT molecular complexity index is 1220. The van der Waals surface area contributed by atoms with Crippen LogP contribution in [0.1, 0.15) is 31.8 Å². The molecule has 0 aromatic heterocycles. The molecule has 5 rings (SSSR count). The summed E-state index contributed by atoms with van der Waals surface area (Å²) in [7, 11) is 0. The molecule has 33 heavy (non-hydrogen) atoms. The molecule has 0 saturated carbocycles. The van der Waals surface area contributed by atoms with E-state index in [1.54, 1.807) is 29.2 Å². The molecule has 0 spiro atoms. The number of para-hydroxylation sites is 2. The number of carbonyl (C=O) groups is 4. The molecule has 3 aromatic carbocycles. The third-order valence-corrected chi connectivity index (χ3v) is 5.90. The minimum atomic E-state index is -0.825. The number of ether oxygens (including phenoxy) is 1. The second-order valence-corrected chi connectivity index (χ2v) is 7.89. The van der Waals surface area contributed by atoms with Crippen LogP contribution in [0.25, 0.3) is 0 Å². The van der Waals surface area contributed by atoms with Crippen molar-refractivity contribution >= 4 is 35.1 Å². The van der Waals surface area contributed by atoms with Gasteiger partial charge in [-0.2, -0.15) is 0 Å². The molecule has 7 heteroatoms. The van der Waals surface area contributed by atoms with Gasteiger partial charge in [0, 0.05) is 0 Å². The smallest absolute Gasteiger partial charge is 0.326 e. The summed E-state index contributed by atoms with van der Waals surface area (Å²) < 4.78 is 5.21. The number of nitrogens with zero attached hydrogens (tertiary/aromatic N) is 2. The topological polar surface area (TPSA) is 84.0 Å². The Labute approximate surface area is 190 Å². The van der Waals surface area contributed by atoms with Crippen LogP contribution in [0.3, 0.4) is 0 Å². The van der Waals surface area contributed by atoms with Crippen LogP contribution in [0.4, 0.5) is 11.4 Å². The molecule has 164 valence electrons. The van der Waals surface area contributed by atoms with Crippen LogP contribution >= 0.6 is 0 Å². The third kappa shape index (κ3) is 3.67. The average Bonchev–Trinajstić information content (AvgIpc) is 2.98. The lowest BCUT2D eigenvalue weighted by Crippen LogP contribution is -2.37. The first kappa shape index (κ1) is 20.6. The maximum Gasteiger partial charge on any atom is 0.326 e. The van der Waals surface area contributed by atoms with Crippen LogP contribution in [0.15, 0.2) is 72.8 Å². The van der Waals surface area contributed by atoms with Crippen LogP contribution in [-0.4, -0.2) is 41.7 Å². The summed E-state index contributed by atoms with van der Waals surface area (Å²) in [6.45, 7) is -1.06. The predicted octanol–water partition coefficient (Wildman–Crippen LogP) is 3.29. The van der Waals surface area contributed by atoms with E-state index in [2.05, 4.69) is 0 Å². The number of fused-ring (bicyclic) bond motifs is 3. The van der Waals surface area contributed by atoms with Crippen LogP contribution in [-0.2, 0) is 27.2 Å². The summed E-state index contributed by atoms with van der Waals surface area (Å²) in [5.41, 5.74) is 4.07. The van der Waals surface area contributed by atoms with Gasteiger partial charge in [-0.05, 0) is 48.2 Å². The van der Waals surface area contributed by atoms with Crippen molar-refractivity contribution < 1.29 is 23.9 Å². The standard InChI is InChI=1S/C26H20N2O5/c29-23(16-33-24(30)15-27-25(31)19-9-3-4-10-20(19)26(27)32)28-21-11-5-1-7-17(21)13-14-18-8-2-6-12-22(18)28/h1-12H,13-16H2. The van der Waals surface area contributed by atoms with Gasteiger partial charge in [-0.3, -0.25) is 29.0 Å². The van der Waals surface area contributed by atoms with Crippen molar-refractivity contribution in [2.24, 2.45) is 0 Å². The number of anilines is 2. The number of aryl methyl sites for hydroxylation is 2. The van der Waals surface area contributed by atoms with E-state index < -0.39 is 36.8 Å². The van der Waals surface area contributed by atoms with E-state index in [1.165, 1.54) is 0 Å². The Kier molecular flexibility index (Phi) is 5.22. The first-order valence-corrected chi connectivity index (χ1v) is 10.6. The quantitative estimate of drug-likeness (QED) is 0.459. The van der Waals surface area contributed by atoms with Crippen LogP contribution in [0, 0.1) is 0 Å². The van der Waals surface area contributed by atoms with Gasteiger partial charge in [-0.1, -0.05) is 48.5 Å². The van der Waals surface area contributed by atoms with E-state index in [9.17, 15) is 19.2 Å². The molecule has 2 aliphatic heterocycles. The number of amides is 3. The summed E-state index contributed by atoms with van der Waals surface area (Å²) in [6, 6.07) is 21.7. The highest BCUT2D eigenvalue weighted by atomic mass is 16.5. The van der Waals surface area contributed by atoms with Gasteiger partial charge in [0.2, 0.25) is 0 Å². The van der Waals surface area contributed by atoms with Gasteiger partial charge in [0.15, 0.2) is 6.61 Å². The van der Waals surface area contributed by atoms with Crippen molar-refractivity contribution in [3.05, 3.63) is 95.1 Å². The lowest BCUT2D eigenvalue weighted by molar-refractivity contribution is -0.147. The molecule has 3 aromatic rings. The fourth-order valence-corrected chi connectivity index (χ4v) is 4.31. The minimum absolute atomic E-state index is 0.254. The number of hydrogen-bond donors (Lipinski definition) is 0. The number of esters is 1. The number of rotatable bonds is 4. The minimum Gasteiger partial charge on any atom is -0.454 e. The molecule has 0 atom stereocenters. The van der Waals surface area contributed by atoms with E-state index in [-0.39, 0.29) is 11.1 Å². The second kappa shape index (κ2) is 8.35. The van der Waals surface area contributed by atoms with Gasteiger partial charge in [-0.15, -0.1) is 0 Å². The van der Waals surface area contributed by atoms with E-state index in [0.29, 0.717) is 0 Å². The number of hydrogen-bond acceptors (Lipinski definition) is 5. The lowest BCUT2D eigenvalue weighted by atomic mass is 10.0. The highest BCUT2D eigenvalue weighted by Crippen LogP contribution is 2.36. The summed E-state index contributed by atoms with van der Waals surface area (Å²) in [4.78, 5) is 53.0. The van der Waals surface area contributed by atoms with Crippen LogP contribution < -0.4 is 4.90 Å². The normalized spacial score (nSPS) is 14.3. The zero-order chi connectivity index (χ0) is 22.9. The Morgan fingerprint density at radius 3 is 1.76 bits per heavy atom. The molecule has 0 bridgehead atoms. The molecule has 7 nitrogen and oxygen atoms in total. The highest BCUT2D eigenvalue weighted by molar-refractivity contribution is 6.22. The number of imide groups is 1. The zero-order valence-corrected chi connectivity index (χ0v) is 17.7. The first-order valence-electron chi connectivity index (χ1n) is 10.6. The van der Waals surface area contributed by atoms with Crippen molar-refractivity contribution in [3.63, 3.8) is 0 Å².